The third-order valence-corrected chi connectivity index (χ3v) is 2.95. The van der Waals surface area contributed by atoms with Crippen LogP contribution in [0.15, 0.2) is 42.5 Å². The van der Waals surface area contributed by atoms with Crippen molar-refractivity contribution in [1.29, 1.82) is 0 Å². The van der Waals surface area contributed by atoms with Gasteiger partial charge in [0.2, 0.25) is 0 Å². The summed E-state index contributed by atoms with van der Waals surface area (Å²) in [6.07, 6.45) is 0. The van der Waals surface area contributed by atoms with Crippen LogP contribution in [-0.2, 0) is 0 Å². The van der Waals surface area contributed by atoms with Gasteiger partial charge < -0.3 is 5.32 Å². The molecule has 94 valence electrons. The number of halogens is 1. The van der Waals surface area contributed by atoms with Crippen LogP contribution in [0.3, 0.4) is 0 Å². The van der Waals surface area contributed by atoms with E-state index in [0.29, 0.717) is 0 Å². The molecule has 0 bridgehead atoms. The van der Waals surface area contributed by atoms with Crippen molar-refractivity contribution in [3.8, 4) is 0 Å². The first kappa shape index (κ1) is 12.6. The lowest BCUT2D eigenvalue weighted by Gasteiger charge is -2.16. The lowest BCUT2D eigenvalue weighted by atomic mass is 10.1. The van der Waals surface area contributed by atoms with Gasteiger partial charge in [0.05, 0.1) is 0 Å². The molecule has 0 fully saturated rings. The Morgan fingerprint density at radius 1 is 1.00 bits per heavy atom. The van der Waals surface area contributed by atoms with Crippen LogP contribution in [0.4, 0.5) is 10.1 Å². The normalized spacial score (nSPS) is 12.2. The van der Waals surface area contributed by atoms with E-state index in [1.807, 2.05) is 13.0 Å². The van der Waals surface area contributed by atoms with Gasteiger partial charge in [0, 0.05) is 11.7 Å². The summed E-state index contributed by atoms with van der Waals surface area (Å²) in [4.78, 5) is 0. The molecule has 0 amide bonds. The summed E-state index contributed by atoms with van der Waals surface area (Å²) in [6.45, 7) is 6.18. The van der Waals surface area contributed by atoms with Gasteiger partial charge in [-0.25, -0.2) is 4.39 Å². The molecular formula is C16H18FN. The van der Waals surface area contributed by atoms with Crippen molar-refractivity contribution in [2.24, 2.45) is 0 Å². The Morgan fingerprint density at radius 3 is 2.28 bits per heavy atom. The predicted molar refractivity (Wildman–Crippen MR) is 74.4 cm³/mol. The van der Waals surface area contributed by atoms with Crippen LogP contribution in [0.1, 0.15) is 29.7 Å². The molecule has 0 aliphatic heterocycles. The van der Waals surface area contributed by atoms with Gasteiger partial charge in [-0.1, -0.05) is 18.2 Å². The minimum Gasteiger partial charge on any atom is -0.379 e. The highest BCUT2D eigenvalue weighted by atomic mass is 19.1. The van der Waals surface area contributed by atoms with Gasteiger partial charge in [-0.05, 0) is 61.7 Å². The molecule has 1 N–H and O–H groups in total. The van der Waals surface area contributed by atoms with Crippen molar-refractivity contribution < 1.29 is 4.39 Å². The molecule has 0 radical (unpaired) electrons. The number of hydrogen-bond donors (Lipinski definition) is 1. The fourth-order valence-corrected chi connectivity index (χ4v) is 2.17. The fourth-order valence-electron chi connectivity index (χ4n) is 2.17. The Bertz CT molecular complexity index is 528. The molecule has 0 heterocycles. The van der Waals surface area contributed by atoms with Crippen LogP contribution >= 0.6 is 0 Å². The van der Waals surface area contributed by atoms with E-state index < -0.39 is 0 Å². The zero-order chi connectivity index (χ0) is 13.1. The molecule has 18 heavy (non-hydrogen) atoms. The molecule has 0 spiro atoms. The SMILES string of the molecule is Cc1cc(C)cc(NC(C)c2cccc(F)c2)c1. The summed E-state index contributed by atoms with van der Waals surface area (Å²) in [5.74, 6) is -0.193. The molecule has 0 saturated heterocycles. The number of nitrogens with one attached hydrogen (secondary N) is 1. The Morgan fingerprint density at radius 2 is 1.67 bits per heavy atom. The minimum absolute atomic E-state index is 0.0851. The van der Waals surface area contributed by atoms with E-state index >= 15 is 0 Å². The highest BCUT2D eigenvalue weighted by Crippen LogP contribution is 2.21. The Labute approximate surface area is 108 Å². The summed E-state index contributed by atoms with van der Waals surface area (Å²) >= 11 is 0. The second-order valence-corrected chi connectivity index (χ2v) is 4.80. The van der Waals surface area contributed by atoms with Gasteiger partial charge in [0.1, 0.15) is 5.82 Å². The molecule has 2 aromatic rings. The van der Waals surface area contributed by atoms with E-state index in [1.165, 1.54) is 17.2 Å². The Kier molecular flexibility index (Phi) is 3.66. The molecule has 2 rings (SSSR count). The predicted octanol–water partition coefficient (Wildman–Crippen LogP) is 4.62. The maximum Gasteiger partial charge on any atom is 0.123 e. The summed E-state index contributed by atoms with van der Waals surface area (Å²) in [7, 11) is 0. The van der Waals surface area contributed by atoms with Crippen LogP contribution < -0.4 is 5.32 Å². The first-order chi connectivity index (χ1) is 8.54. The van der Waals surface area contributed by atoms with Gasteiger partial charge in [0.15, 0.2) is 0 Å². The molecule has 2 aromatic carbocycles. The quantitative estimate of drug-likeness (QED) is 0.829. The second-order valence-electron chi connectivity index (χ2n) is 4.80. The van der Waals surface area contributed by atoms with Gasteiger partial charge in [-0.3, -0.25) is 0 Å². The van der Waals surface area contributed by atoms with Gasteiger partial charge in [-0.2, -0.15) is 0 Å². The summed E-state index contributed by atoms with van der Waals surface area (Å²) in [5.41, 5.74) is 4.48. The molecule has 0 aliphatic rings. The average Bonchev–Trinajstić information content (AvgIpc) is 2.27. The van der Waals surface area contributed by atoms with E-state index in [2.05, 4.69) is 37.4 Å². The van der Waals surface area contributed by atoms with Crippen molar-refractivity contribution in [2.45, 2.75) is 26.8 Å². The van der Waals surface area contributed by atoms with Crippen LogP contribution in [0.2, 0.25) is 0 Å². The second kappa shape index (κ2) is 5.21. The van der Waals surface area contributed by atoms with Gasteiger partial charge in [-0.15, -0.1) is 0 Å². The average molecular weight is 243 g/mol. The Balaban J connectivity index is 2.18. The monoisotopic (exact) mass is 243 g/mol. The van der Waals surface area contributed by atoms with Crippen LogP contribution in [-0.4, -0.2) is 0 Å². The van der Waals surface area contributed by atoms with Crippen molar-refractivity contribution in [1.82, 2.24) is 0 Å². The molecular weight excluding hydrogens is 225 g/mol. The van der Waals surface area contributed by atoms with E-state index in [0.717, 1.165) is 11.3 Å². The first-order valence-corrected chi connectivity index (χ1v) is 6.15. The zero-order valence-electron chi connectivity index (χ0n) is 11.0. The smallest absolute Gasteiger partial charge is 0.123 e. The molecule has 0 aromatic heterocycles. The van der Waals surface area contributed by atoms with Gasteiger partial charge in [0.25, 0.3) is 0 Å². The zero-order valence-corrected chi connectivity index (χ0v) is 11.0. The topological polar surface area (TPSA) is 12.0 Å². The maximum atomic E-state index is 13.2. The highest BCUT2D eigenvalue weighted by molar-refractivity contribution is 5.50. The largest absolute Gasteiger partial charge is 0.379 e. The molecule has 1 unspecified atom stereocenters. The standard InChI is InChI=1S/C16H18FN/c1-11-7-12(2)9-16(8-11)18-13(3)14-5-4-6-15(17)10-14/h4-10,13,18H,1-3H3. The molecule has 0 aliphatic carbocycles. The van der Waals surface area contributed by atoms with E-state index in [-0.39, 0.29) is 11.9 Å². The third kappa shape index (κ3) is 3.10. The van der Waals surface area contributed by atoms with Crippen LogP contribution in [0.5, 0.6) is 0 Å². The lowest BCUT2D eigenvalue weighted by molar-refractivity contribution is 0.623. The minimum atomic E-state index is -0.193. The summed E-state index contributed by atoms with van der Waals surface area (Å²) in [6, 6.07) is 13.1. The summed E-state index contributed by atoms with van der Waals surface area (Å²) < 4.78 is 13.2. The maximum absolute atomic E-state index is 13.2. The fraction of sp³-hybridized carbons (Fsp3) is 0.250. The highest BCUT2D eigenvalue weighted by Gasteiger charge is 2.06. The van der Waals surface area contributed by atoms with Gasteiger partial charge >= 0.3 is 0 Å². The van der Waals surface area contributed by atoms with Crippen molar-refractivity contribution >= 4 is 5.69 Å². The van der Waals surface area contributed by atoms with E-state index in [1.54, 1.807) is 12.1 Å². The van der Waals surface area contributed by atoms with Crippen molar-refractivity contribution in [2.75, 3.05) is 5.32 Å². The van der Waals surface area contributed by atoms with E-state index in [4.69, 9.17) is 0 Å². The van der Waals surface area contributed by atoms with Crippen LogP contribution in [0.25, 0.3) is 0 Å². The lowest BCUT2D eigenvalue weighted by Crippen LogP contribution is -2.07. The molecule has 1 nitrogen and oxygen atoms in total. The Hall–Kier alpha value is -1.83. The third-order valence-electron chi connectivity index (χ3n) is 2.95. The summed E-state index contributed by atoms with van der Waals surface area (Å²) in [5, 5.41) is 3.40. The molecule has 2 heteroatoms. The molecule has 0 saturated carbocycles. The van der Waals surface area contributed by atoms with E-state index in [9.17, 15) is 4.39 Å². The van der Waals surface area contributed by atoms with Crippen molar-refractivity contribution in [3.63, 3.8) is 0 Å². The number of anilines is 1. The molecule has 1 atom stereocenters. The number of rotatable bonds is 3. The van der Waals surface area contributed by atoms with Crippen molar-refractivity contribution in [3.05, 3.63) is 65.0 Å². The number of aryl methyl sites for hydroxylation is 2. The number of benzene rings is 2. The number of hydrogen-bond acceptors (Lipinski definition) is 1. The first-order valence-electron chi connectivity index (χ1n) is 6.15. The van der Waals surface area contributed by atoms with Crippen LogP contribution in [0, 0.1) is 19.7 Å².